The minimum Gasteiger partial charge on any atom is -0.368 e. The number of rotatable bonds is 5. The first-order valence-corrected chi connectivity index (χ1v) is 10.5. The van der Waals surface area contributed by atoms with E-state index in [1.54, 1.807) is 12.3 Å². The summed E-state index contributed by atoms with van der Waals surface area (Å²) >= 11 is 0. The van der Waals surface area contributed by atoms with E-state index in [4.69, 9.17) is 12.3 Å². The van der Waals surface area contributed by atoms with Crippen molar-refractivity contribution >= 4 is 34.3 Å². The predicted octanol–water partition coefficient (Wildman–Crippen LogP) is 2.97. The zero-order valence-electron chi connectivity index (χ0n) is 27.2. The van der Waals surface area contributed by atoms with E-state index in [1.807, 2.05) is 6.07 Å². The van der Waals surface area contributed by atoms with Crippen LogP contribution in [0.2, 0.25) is 0 Å². The lowest BCUT2D eigenvalue weighted by molar-refractivity contribution is 0.101. The summed E-state index contributed by atoms with van der Waals surface area (Å²) in [5, 5.41) is 6.13. The van der Waals surface area contributed by atoms with Crippen molar-refractivity contribution in [3.05, 3.63) is 46.0 Å². The maximum atomic E-state index is 13.8. The Morgan fingerprint density at radius 3 is 2.64 bits per heavy atom. The lowest BCUT2D eigenvalue weighted by atomic mass is 10.0. The molecule has 172 valence electrons. The molecule has 1 saturated carbocycles. The molecule has 0 unspecified atom stereocenters. The van der Waals surface area contributed by atoms with Gasteiger partial charge < -0.3 is 15.5 Å². The first-order valence-electron chi connectivity index (χ1n) is 15.0. The SMILES string of the molecule is [2H]C1([2H])C([2H])([2H])C([2H])([2H])C([2H])(n2c(=O)c(C(C)=O)c(C)c3cnc(Nc4ccc(N5CCNCC5)cn4)nc32)C1([2H])[2H]. The number of piperazine rings is 1. The fraction of sp³-hybridized carbons (Fsp3) is 0.458. The molecule has 9 heteroatoms. The molecule has 1 aliphatic heterocycles. The molecule has 33 heavy (non-hydrogen) atoms. The standard InChI is InChI=1S/C24H29N7O2/c1-15-19-14-27-24(28-20-8-7-18(13-26-20)30-11-9-25-10-12-30)29-22(19)31(17-5-3-4-6-17)23(33)21(15)16(2)32/h7-8,13-14,17,25H,3-6,9-12H2,1-2H3,(H,26,27,28,29)/i3D2,4D2,5D2,6D2,17D. The van der Waals surface area contributed by atoms with Gasteiger partial charge in [0.15, 0.2) is 5.78 Å². The van der Waals surface area contributed by atoms with Crippen LogP contribution >= 0.6 is 0 Å². The van der Waals surface area contributed by atoms with Gasteiger partial charge in [-0.3, -0.25) is 14.2 Å². The molecule has 4 heterocycles. The van der Waals surface area contributed by atoms with E-state index < -0.39 is 54.1 Å². The maximum Gasteiger partial charge on any atom is 0.263 e. The number of aromatic nitrogens is 4. The van der Waals surface area contributed by atoms with Gasteiger partial charge in [-0.1, -0.05) is 12.7 Å². The van der Waals surface area contributed by atoms with Gasteiger partial charge in [-0.15, -0.1) is 0 Å². The van der Waals surface area contributed by atoms with Crippen LogP contribution in [0.1, 0.15) is 66.7 Å². The van der Waals surface area contributed by atoms with E-state index in [1.165, 1.54) is 13.1 Å². The Hall–Kier alpha value is -3.33. The number of ketones is 1. The molecule has 2 fully saturated rings. The lowest BCUT2D eigenvalue weighted by Gasteiger charge is -2.29. The van der Waals surface area contributed by atoms with Crippen LogP contribution in [0.4, 0.5) is 17.5 Å². The molecule has 0 spiro atoms. The smallest absolute Gasteiger partial charge is 0.263 e. The third-order valence-corrected chi connectivity index (χ3v) is 5.65. The first kappa shape index (κ1) is 13.4. The second kappa shape index (κ2) is 8.90. The highest BCUT2D eigenvalue weighted by Crippen LogP contribution is 2.32. The van der Waals surface area contributed by atoms with Crippen LogP contribution in [-0.2, 0) is 0 Å². The largest absolute Gasteiger partial charge is 0.368 e. The van der Waals surface area contributed by atoms with E-state index in [9.17, 15) is 9.59 Å². The van der Waals surface area contributed by atoms with E-state index in [-0.39, 0.29) is 21.5 Å². The Morgan fingerprint density at radius 1 is 1.21 bits per heavy atom. The molecule has 1 aliphatic carbocycles. The molecule has 9 nitrogen and oxygen atoms in total. The van der Waals surface area contributed by atoms with Crippen molar-refractivity contribution in [3.63, 3.8) is 0 Å². The van der Waals surface area contributed by atoms with Crippen molar-refractivity contribution in [2.24, 2.45) is 0 Å². The molecule has 0 aromatic carbocycles. The maximum absolute atomic E-state index is 13.8. The normalized spacial score (nSPS) is 28.1. The van der Waals surface area contributed by atoms with Crippen molar-refractivity contribution in [3.8, 4) is 0 Å². The Balaban J connectivity index is 1.71. The second-order valence-electron chi connectivity index (χ2n) is 7.74. The molecule has 2 N–H and O–H groups in total. The third kappa shape index (κ3) is 4.08. The van der Waals surface area contributed by atoms with Crippen LogP contribution in [0.3, 0.4) is 0 Å². The molecule has 5 rings (SSSR count). The number of nitrogens with zero attached hydrogens (tertiary/aromatic N) is 5. The molecule has 1 saturated heterocycles. The molecule has 3 aromatic heterocycles. The third-order valence-electron chi connectivity index (χ3n) is 5.65. The molecule has 3 aromatic rings. The summed E-state index contributed by atoms with van der Waals surface area (Å²) in [6.07, 6.45) is -11.5. The van der Waals surface area contributed by atoms with Crippen LogP contribution in [0.25, 0.3) is 11.0 Å². The average molecular weight is 457 g/mol. The number of carbonyl (C=O) groups is 1. The summed E-state index contributed by atoms with van der Waals surface area (Å²) in [7, 11) is 0. The van der Waals surface area contributed by atoms with Gasteiger partial charge in [0, 0.05) is 54.7 Å². The van der Waals surface area contributed by atoms with Crippen molar-refractivity contribution in [1.29, 1.82) is 0 Å². The number of pyridine rings is 2. The highest BCUT2D eigenvalue weighted by Gasteiger charge is 2.25. The number of carbonyl (C=O) groups excluding carboxylic acids is 1. The van der Waals surface area contributed by atoms with Gasteiger partial charge in [0.2, 0.25) is 5.95 Å². The van der Waals surface area contributed by atoms with Gasteiger partial charge >= 0.3 is 0 Å². The zero-order valence-corrected chi connectivity index (χ0v) is 18.2. The summed E-state index contributed by atoms with van der Waals surface area (Å²) < 4.78 is 76.3. The number of aryl methyl sites for hydroxylation is 1. The van der Waals surface area contributed by atoms with Gasteiger partial charge in [-0.25, -0.2) is 9.97 Å². The molecule has 0 atom stereocenters. The van der Waals surface area contributed by atoms with Crippen LogP contribution in [-0.4, -0.2) is 51.5 Å². The van der Waals surface area contributed by atoms with Gasteiger partial charge in [0.05, 0.1) is 18.8 Å². The average Bonchev–Trinajstić information content (AvgIpc) is 2.97. The van der Waals surface area contributed by atoms with Crippen LogP contribution in [0.15, 0.2) is 29.3 Å². The fourth-order valence-corrected chi connectivity index (χ4v) is 4.00. The van der Waals surface area contributed by atoms with E-state index in [0.29, 0.717) is 5.82 Å². The first-order chi connectivity index (χ1) is 19.4. The van der Waals surface area contributed by atoms with Crippen LogP contribution in [0.5, 0.6) is 0 Å². The summed E-state index contributed by atoms with van der Waals surface area (Å²) in [5.41, 5.74) is -1.28. The topological polar surface area (TPSA) is 105 Å². The minimum atomic E-state index is -3.62. The summed E-state index contributed by atoms with van der Waals surface area (Å²) in [4.78, 5) is 41.4. The van der Waals surface area contributed by atoms with Crippen molar-refractivity contribution < 1.29 is 17.1 Å². The highest BCUT2D eigenvalue weighted by molar-refractivity contribution is 5.99. The predicted molar refractivity (Wildman–Crippen MR) is 129 cm³/mol. The molecular weight excluding hydrogens is 418 g/mol. The Morgan fingerprint density at radius 2 is 1.97 bits per heavy atom. The van der Waals surface area contributed by atoms with Crippen molar-refractivity contribution in [1.82, 2.24) is 24.8 Å². The second-order valence-corrected chi connectivity index (χ2v) is 7.74. The van der Waals surface area contributed by atoms with Crippen LogP contribution in [0, 0.1) is 6.92 Å². The monoisotopic (exact) mass is 456 g/mol. The summed E-state index contributed by atoms with van der Waals surface area (Å²) in [6.45, 7) is 5.80. The highest BCUT2D eigenvalue weighted by atomic mass is 16.1. The van der Waals surface area contributed by atoms with Gasteiger partial charge in [-0.2, -0.15) is 4.98 Å². The number of nitrogens with one attached hydrogen (secondary N) is 2. The Bertz CT molecular complexity index is 1610. The summed E-state index contributed by atoms with van der Waals surface area (Å²) in [5.74, 6) is -0.626. The number of hydrogen-bond donors (Lipinski definition) is 2. The van der Waals surface area contributed by atoms with Gasteiger partial charge in [0.1, 0.15) is 11.5 Å². The van der Waals surface area contributed by atoms with Crippen LogP contribution < -0.4 is 21.1 Å². The van der Waals surface area contributed by atoms with Crippen molar-refractivity contribution in [2.75, 3.05) is 36.4 Å². The lowest BCUT2D eigenvalue weighted by Crippen LogP contribution is -2.43. The number of anilines is 3. The number of fused-ring (bicyclic) bond motifs is 1. The van der Waals surface area contributed by atoms with E-state index in [0.717, 1.165) is 38.8 Å². The zero-order chi connectivity index (χ0) is 31.0. The molecule has 0 bridgehead atoms. The quantitative estimate of drug-likeness (QED) is 0.565. The van der Waals surface area contributed by atoms with E-state index in [2.05, 4.69) is 30.5 Å². The molecule has 2 aliphatic rings. The van der Waals surface area contributed by atoms with Gasteiger partial charge in [0.25, 0.3) is 5.56 Å². The number of Topliss-reactive ketones (excluding diaryl/α,β-unsaturated/α-hetero) is 1. The van der Waals surface area contributed by atoms with Gasteiger partial charge in [-0.05, 0) is 44.3 Å². The molecule has 0 radical (unpaired) electrons. The minimum absolute atomic E-state index is 0.00128. The Labute approximate surface area is 204 Å². The number of hydrogen-bond acceptors (Lipinski definition) is 8. The molecule has 0 amide bonds. The summed E-state index contributed by atoms with van der Waals surface area (Å²) in [6, 6.07) is -0.0358. The molecular formula is C24H29N7O2. The van der Waals surface area contributed by atoms with E-state index >= 15 is 0 Å². The Kier molecular flexibility index (Phi) is 3.61. The fourth-order valence-electron chi connectivity index (χ4n) is 4.00. The van der Waals surface area contributed by atoms with Crippen molar-refractivity contribution in [2.45, 2.75) is 45.4 Å².